The van der Waals surface area contributed by atoms with Crippen LogP contribution in [-0.4, -0.2) is 35.4 Å². The van der Waals surface area contributed by atoms with Gasteiger partial charge in [0.2, 0.25) is 4.87 Å². The molecule has 0 aromatic heterocycles. The Balaban J connectivity index is 2.74. The molecule has 0 aromatic rings. The van der Waals surface area contributed by atoms with Gasteiger partial charge in [-0.25, -0.2) is 9.59 Å². The zero-order chi connectivity index (χ0) is 10.8. The van der Waals surface area contributed by atoms with Crippen molar-refractivity contribution in [3.05, 3.63) is 0 Å². The standard InChI is InChI=1S/C8H10Cl2O4/c1-2-13-6(11)8(10)3-5(4-9)14-7(8)12/h5H,2-4H2,1H3/t5-,8-/m1/s1. The Morgan fingerprint density at radius 1 is 1.79 bits per heavy atom. The third kappa shape index (κ3) is 1.96. The Morgan fingerprint density at radius 3 is 2.86 bits per heavy atom. The molecule has 14 heavy (non-hydrogen) atoms. The van der Waals surface area contributed by atoms with E-state index in [-0.39, 0.29) is 18.9 Å². The first kappa shape index (κ1) is 11.6. The first-order chi connectivity index (χ1) is 6.54. The Hall–Kier alpha value is -0.480. The molecular weight excluding hydrogens is 231 g/mol. The molecule has 1 aliphatic rings. The van der Waals surface area contributed by atoms with Crippen molar-refractivity contribution in [3.8, 4) is 0 Å². The van der Waals surface area contributed by atoms with Gasteiger partial charge >= 0.3 is 11.9 Å². The minimum atomic E-state index is -1.70. The number of alkyl halides is 2. The lowest BCUT2D eigenvalue weighted by molar-refractivity contribution is -0.154. The number of hydrogen-bond acceptors (Lipinski definition) is 4. The van der Waals surface area contributed by atoms with Gasteiger partial charge in [0.1, 0.15) is 6.10 Å². The van der Waals surface area contributed by atoms with Crippen LogP contribution >= 0.6 is 23.2 Å². The van der Waals surface area contributed by atoms with Crippen LogP contribution in [0.4, 0.5) is 0 Å². The second-order valence-electron chi connectivity index (χ2n) is 2.91. The fourth-order valence-corrected chi connectivity index (χ4v) is 1.63. The Kier molecular flexibility index (Phi) is 3.61. The fourth-order valence-electron chi connectivity index (χ4n) is 1.18. The van der Waals surface area contributed by atoms with Gasteiger partial charge in [-0.2, -0.15) is 0 Å². The van der Waals surface area contributed by atoms with E-state index < -0.39 is 22.9 Å². The predicted molar refractivity (Wildman–Crippen MR) is 50.4 cm³/mol. The number of esters is 2. The number of rotatable bonds is 3. The second kappa shape index (κ2) is 4.36. The third-order valence-corrected chi connectivity index (χ3v) is 2.68. The molecule has 1 saturated heterocycles. The lowest BCUT2D eigenvalue weighted by Crippen LogP contribution is -2.39. The van der Waals surface area contributed by atoms with Crippen molar-refractivity contribution >= 4 is 35.1 Å². The summed E-state index contributed by atoms with van der Waals surface area (Å²) in [5, 5.41) is 0. The van der Waals surface area contributed by atoms with Gasteiger partial charge in [0.15, 0.2) is 0 Å². The lowest BCUT2D eigenvalue weighted by atomic mass is 10.1. The average Bonchev–Trinajstić information content (AvgIpc) is 2.44. The van der Waals surface area contributed by atoms with Crippen LogP contribution in [0.15, 0.2) is 0 Å². The van der Waals surface area contributed by atoms with Crippen molar-refractivity contribution in [2.45, 2.75) is 24.3 Å². The Bertz CT molecular complexity index is 256. The smallest absolute Gasteiger partial charge is 0.339 e. The van der Waals surface area contributed by atoms with Crippen LogP contribution in [0, 0.1) is 0 Å². The molecular formula is C8H10Cl2O4. The van der Waals surface area contributed by atoms with Crippen LogP contribution < -0.4 is 0 Å². The maximum Gasteiger partial charge on any atom is 0.339 e. The summed E-state index contributed by atoms with van der Waals surface area (Å²) in [4.78, 5) is 20.9. The molecule has 0 aromatic carbocycles. The topological polar surface area (TPSA) is 52.6 Å². The zero-order valence-corrected chi connectivity index (χ0v) is 9.10. The van der Waals surface area contributed by atoms with Crippen LogP contribution in [0.2, 0.25) is 0 Å². The quantitative estimate of drug-likeness (QED) is 0.421. The van der Waals surface area contributed by atoms with E-state index in [1.807, 2.05) is 0 Å². The van der Waals surface area contributed by atoms with E-state index in [0.717, 1.165) is 0 Å². The van der Waals surface area contributed by atoms with Crippen LogP contribution in [-0.2, 0) is 19.1 Å². The van der Waals surface area contributed by atoms with Crippen molar-refractivity contribution in [1.82, 2.24) is 0 Å². The maximum atomic E-state index is 11.3. The average molecular weight is 241 g/mol. The molecule has 6 heteroatoms. The predicted octanol–water partition coefficient (Wildman–Crippen LogP) is 1.08. The first-order valence-corrected chi connectivity index (χ1v) is 5.09. The molecule has 1 rings (SSSR count). The molecule has 4 nitrogen and oxygen atoms in total. The van der Waals surface area contributed by atoms with Gasteiger partial charge in [0, 0.05) is 6.42 Å². The van der Waals surface area contributed by atoms with Crippen molar-refractivity contribution in [1.29, 1.82) is 0 Å². The first-order valence-electron chi connectivity index (χ1n) is 4.17. The van der Waals surface area contributed by atoms with E-state index >= 15 is 0 Å². The summed E-state index contributed by atoms with van der Waals surface area (Å²) in [5.74, 6) is -1.41. The number of cyclic esters (lactones) is 1. The van der Waals surface area contributed by atoms with E-state index in [2.05, 4.69) is 4.74 Å². The van der Waals surface area contributed by atoms with Crippen LogP contribution in [0.25, 0.3) is 0 Å². The molecule has 0 saturated carbocycles. The summed E-state index contributed by atoms with van der Waals surface area (Å²) in [5.41, 5.74) is 0. The monoisotopic (exact) mass is 240 g/mol. The normalized spacial score (nSPS) is 31.4. The maximum absolute atomic E-state index is 11.3. The Morgan fingerprint density at radius 2 is 2.43 bits per heavy atom. The SMILES string of the molecule is CCOC(=O)[C@]1(Cl)C[C@H](CCl)OC1=O. The van der Waals surface area contributed by atoms with Gasteiger partial charge in [-0.3, -0.25) is 0 Å². The summed E-state index contributed by atoms with van der Waals surface area (Å²) in [6.45, 7) is 1.81. The van der Waals surface area contributed by atoms with Crippen LogP contribution in [0.3, 0.4) is 0 Å². The second-order valence-corrected chi connectivity index (χ2v) is 3.86. The Labute approximate surface area is 91.4 Å². The van der Waals surface area contributed by atoms with Crippen molar-refractivity contribution in [3.63, 3.8) is 0 Å². The number of carbonyl (C=O) groups excluding carboxylic acids is 2. The van der Waals surface area contributed by atoms with Gasteiger partial charge < -0.3 is 9.47 Å². The van der Waals surface area contributed by atoms with Crippen LogP contribution in [0.5, 0.6) is 0 Å². The molecule has 0 bridgehead atoms. The molecule has 0 spiro atoms. The third-order valence-electron chi connectivity index (χ3n) is 1.88. The van der Waals surface area contributed by atoms with Gasteiger partial charge in [-0.05, 0) is 6.92 Å². The molecule has 0 unspecified atom stereocenters. The fraction of sp³-hybridized carbons (Fsp3) is 0.750. The van der Waals surface area contributed by atoms with E-state index in [0.29, 0.717) is 0 Å². The van der Waals surface area contributed by atoms with Crippen molar-refractivity contribution in [2.24, 2.45) is 0 Å². The minimum absolute atomic E-state index is 0.0652. The van der Waals surface area contributed by atoms with Crippen LogP contribution in [0.1, 0.15) is 13.3 Å². The molecule has 0 N–H and O–H groups in total. The molecule has 0 radical (unpaired) electrons. The molecule has 1 fully saturated rings. The highest BCUT2D eigenvalue weighted by Crippen LogP contribution is 2.33. The summed E-state index contributed by atoms with van der Waals surface area (Å²) in [7, 11) is 0. The van der Waals surface area contributed by atoms with E-state index in [9.17, 15) is 9.59 Å². The highest BCUT2D eigenvalue weighted by atomic mass is 35.5. The number of hydrogen-bond donors (Lipinski definition) is 0. The lowest BCUT2D eigenvalue weighted by Gasteiger charge is -2.13. The molecule has 2 atom stereocenters. The summed E-state index contributed by atoms with van der Waals surface area (Å²) in [6.07, 6.45) is -0.443. The van der Waals surface area contributed by atoms with Crippen molar-refractivity contribution in [2.75, 3.05) is 12.5 Å². The number of ether oxygens (including phenoxy) is 2. The molecule has 0 amide bonds. The number of halogens is 2. The van der Waals surface area contributed by atoms with Gasteiger partial charge in [0.05, 0.1) is 12.5 Å². The minimum Gasteiger partial charge on any atom is -0.464 e. The van der Waals surface area contributed by atoms with Gasteiger partial charge in [-0.15, -0.1) is 11.6 Å². The van der Waals surface area contributed by atoms with Crippen molar-refractivity contribution < 1.29 is 19.1 Å². The summed E-state index contributed by atoms with van der Waals surface area (Å²) < 4.78 is 9.47. The summed E-state index contributed by atoms with van der Waals surface area (Å²) >= 11 is 11.3. The molecule has 1 heterocycles. The largest absolute Gasteiger partial charge is 0.464 e. The zero-order valence-electron chi connectivity index (χ0n) is 7.59. The molecule has 0 aliphatic carbocycles. The highest BCUT2D eigenvalue weighted by molar-refractivity contribution is 6.45. The van der Waals surface area contributed by atoms with E-state index in [1.165, 1.54) is 0 Å². The van der Waals surface area contributed by atoms with E-state index in [4.69, 9.17) is 27.9 Å². The summed E-state index contributed by atoms with van der Waals surface area (Å²) in [6, 6.07) is 0. The number of carbonyl (C=O) groups is 2. The molecule has 1 aliphatic heterocycles. The van der Waals surface area contributed by atoms with Gasteiger partial charge in [-0.1, -0.05) is 11.6 Å². The highest BCUT2D eigenvalue weighted by Gasteiger charge is 2.54. The van der Waals surface area contributed by atoms with Gasteiger partial charge in [0.25, 0.3) is 0 Å². The molecule has 80 valence electrons. The van der Waals surface area contributed by atoms with E-state index in [1.54, 1.807) is 6.92 Å².